The van der Waals surface area contributed by atoms with Gasteiger partial charge in [-0.05, 0) is 30.5 Å². The molecule has 0 saturated heterocycles. The topological polar surface area (TPSA) is 98.3 Å². The minimum absolute atomic E-state index is 0.326. The Kier molecular flexibility index (Phi) is 15.2. The summed E-state index contributed by atoms with van der Waals surface area (Å²) >= 11 is 0. The van der Waals surface area contributed by atoms with Gasteiger partial charge >= 0.3 is 0 Å². The molecule has 0 spiro atoms. The van der Waals surface area contributed by atoms with Crippen molar-refractivity contribution in [1.29, 1.82) is 0 Å². The van der Waals surface area contributed by atoms with Crippen molar-refractivity contribution in [3.63, 3.8) is 0 Å². The van der Waals surface area contributed by atoms with Crippen LogP contribution in [-0.2, 0) is 21.4 Å². The minimum atomic E-state index is -3.91. The molecule has 1 aromatic carbocycles. The fourth-order valence-corrected chi connectivity index (χ4v) is 5.42. The number of unbranched alkanes of at least 4 members (excludes halogenated alkanes) is 11. The Balaban J connectivity index is 2.30. The van der Waals surface area contributed by atoms with Crippen LogP contribution < -0.4 is 14.6 Å². The molecule has 0 aliphatic heterocycles. The molecule has 8 heteroatoms. The van der Waals surface area contributed by atoms with Gasteiger partial charge < -0.3 is 14.4 Å². The Hall–Kier alpha value is -1.64. The van der Waals surface area contributed by atoms with E-state index >= 15 is 0 Å². The van der Waals surface area contributed by atoms with Gasteiger partial charge in [-0.15, -0.1) is 0 Å². The number of carboxylic acids is 1. The molecular formula is C27H49N3O4S. The molecule has 0 unspecified atom stereocenters. The number of likely N-dealkylation sites (N-methyl/N-ethyl adjacent to an activating group) is 1. The molecule has 1 aromatic rings. The number of aryl methyl sites for hydroxylation is 1. The van der Waals surface area contributed by atoms with Gasteiger partial charge in [-0.3, -0.25) is 4.72 Å². The van der Waals surface area contributed by atoms with Crippen molar-refractivity contribution < 1.29 is 22.8 Å². The first-order valence-electron chi connectivity index (χ1n) is 13.4. The third kappa shape index (κ3) is 17.4. The zero-order valence-electron chi connectivity index (χ0n) is 22.5. The van der Waals surface area contributed by atoms with E-state index in [0.717, 1.165) is 12.8 Å². The van der Waals surface area contributed by atoms with Crippen LogP contribution in [0.15, 0.2) is 24.3 Å². The SMILES string of the molecule is CCCCCCCCCCCCCCc1ccc(NS(=O)(=O)N[C@H](CC(=O)[O-])C[N+](C)(C)C)cc1. The quantitative estimate of drug-likeness (QED) is 0.189. The lowest BCUT2D eigenvalue weighted by Crippen LogP contribution is -2.51. The third-order valence-corrected chi connectivity index (χ3v) is 7.18. The lowest BCUT2D eigenvalue weighted by molar-refractivity contribution is -0.871. The standard InChI is InChI=1S/C27H49N3O4S/c1-5-6-7-8-9-10-11-12-13-14-15-16-17-24-18-20-25(21-19-24)28-35(33,34)29-26(22-27(31)32)23-30(2,3)4/h18-21,26,28-29H,5-17,22-23H2,1-4H3/t26-/m1/s1. The summed E-state index contributed by atoms with van der Waals surface area (Å²) in [5, 5.41) is 11.0. The maximum Gasteiger partial charge on any atom is 0.299 e. The lowest BCUT2D eigenvalue weighted by atomic mass is 10.0. The van der Waals surface area contributed by atoms with Crippen LogP contribution in [0, 0.1) is 0 Å². The highest BCUT2D eigenvalue weighted by Gasteiger charge is 2.23. The van der Waals surface area contributed by atoms with E-state index in [1.807, 2.05) is 33.3 Å². The average molecular weight is 512 g/mol. The number of benzene rings is 1. The van der Waals surface area contributed by atoms with Gasteiger partial charge in [-0.25, -0.2) is 0 Å². The normalized spacial score (nSPS) is 13.0. The van der Waals surface area contributed by atoms with E-state index in [4.69, 9.17) is 0 Å². The van der Waals surface area contributed by atoms with Gasteiger partial charge in [0, 0.05) is 18.1 Å². The number of quaternary nitrogens is 1. The Morgan fingerprint density at radius 3 is 1.80 bits per heavy atom. The summed E-state index contributed by atoms with van der Waals surface area (Å²) in [6, 6.07) is 6.63. The van der Waals surface area contributed by atoms with Gasteiger partial charge in [0.05, 0.1) is 33.7 Å². The van der Waals surface area contributed by atoms with Crippen LogP contribution in [0.3, 0.4) is 0 Å². The van der Waals surface area contributed by atoms with Crippen molar-refractivity contribution in [3.8, 4) is 0 Å². The first kappa shape index (κ1) is 31.4. The summed E-state index contributed by atoms with van der Waals surface area (Å²) in [6.45, 7) is 2.58. The maximum atomic E-state index is 12.5. The summed E-state index contributed by atoms with van der Waals surface area (Å²) in [6.07, 6.45) is 16.5. The van der Waals surface area contributed by atoms with Crippen molar-refractivity contribution in [2.75, 3.05) is 32.4 Å². The number of carbonyl (C=O) groups excluding carboxylic acids is 1. The molecule has 7 nitrogen and oxygen atoms in total. The number of aliphatic carboxylic acids is 1. The molecule has 0 heterocycles. The number of carboxylic acid groups (broad SMARTS) is 1. The van der Waals surface area contributed by atoms with Crippen molar-refractivity contribution in [3.05, 3.63) is 29.8 Å². The van der Waals surface area contributed by atoms with Gasteiger partial charge in [0.2, 0.25) is 0 Å². The second-order valence-corrected chi connectivity index (χ2v) is 12.3. The molecule has 0 aliphatic rings. The first-order chi connectivity index (χ1) is 16.5. The van der Waals surface area contributed by atoms with E-state index in [2.05, 4.69) is 16.4 Å². The Bertz CT molecular complexity index is 805. The second-order valence-electron chi connectivity index (χ2n) is 10.8. The lowest BCUT2D eigenvalue weighted by Gasteiger charge is -2.29. The predicted octanol–water partition coefficient (Wildman–Crippen LogP) is 4.39. The molecule has 0 saturated carbocycles. The van der Waals surface area contributed by atoms with E-state index in [0.29, 0.717) is 16.7 Å². The fraction of sp³-hybridized carbons (Fsp3) is 0.741. The Morgan fingerprint density at radius 2 is 1.34 bits per heavy atom. The molecule has 35 heavy (non-hydrogen) atoms. The summed E-state index contributed by atoms with van der Waals surface area (Å²) in [4.78, 5) is 11.0. The number of hydrogen-bond acceptors (Lipinski definition) is 4. The highest BCUT2D eigenvalue weighted by Crippen LogP contribution is 2.16. The number of hydrogen-bond donors (Lipinski definition) is 2. The van der Waals surface area contributed by atoms with Gasteiger partial charge in [0.15, 0.2) is 0 Å². The van der Waals surface area contributed by atoms with Crippen molar-refractivity contribution >= 4 is 21.9 Å². The summed E-state index contributed by atoms with van der Waals surface area (Å²) in [7, 11) is 1.72. The molecule has 1 atom stereocenters. The number of anilines is 1. The number of rotatable bonds is 21. The van der Waals surface area contributed by atoms with Crippen LogP contribution in [0.4, 0.5) is 5.69 Å². The summed E-state index contributed by atoms with van der Waals surface area (Å²) < 4.78 is 30.4. The number of carbonyl (C=O) groups is 1. The fourth-order valence-electron chi connectivity index (χ4n) is 4.32. The molecule has 0 aliphatic carbocycles. The smallest absolute Gasteiger partial charge is 0.299 e. The molecular weight excluding hydrogens is 462 g/mol. The Morgan fingerprint density at radius 1 is 0.857 bits per heavy atom. The molecule has 0 radical (unpaired) electrons. The monoisotopic (exact) mass is 511 g/mol. The van der Waals surface area contributed by atoms with Crippen LogP contribution in [0.1, 0.15) is 96.0 Å². The van der Waals surface area contributed by atoms with Gasteiger partial charge in [-0.2, -0.15) is 13.1 Å². The molecule has 0 bridgehead atoms. The third-order valence-electron chi connectivity index (χ3n) is 6.03. The van der Waals surface area contributed by atoms with Crippen molar-refractivity contribution in [2.45, 2.75) is 103 Å². The average Bonchev–Trinajstić information content (AvgIpc) is 2.73. The van der Waals surface area contributed by atoms with E-state index in [1.54, 1.807) is 12.1 Å². The minimum Gasteiger partial charge on any atom is -0.550 e. The zero-order valence-corrected chi connectivity index (χ0v) is 23.3. The van der Waals surface area contributed by atoms with E-state index in [-0.39, 0.29) is 6.42 Å². The van der Waals surface area contributed by atoms with Crippen LogP contribution in [0.2, 0.25) is 0 Å². The van der Waals surface area contributed by atoms with E-state index < -0.39 is 22.2 Å². The second kappa shape index (κ2) is 16.9. The molecule has 0 aromatic heterocycles. The number of nitrogens with one attached hydrogen (secondary N) is 2. The van der Waals surface area contributed by atoms with Gasteiger partial charge in [0.25, 0.3) is 10.2 Å². The molecule has 202 valence electrons. The van der Waals surface area contributed by atoms with Crippen molar-refractivity contribution in [1.82, 2.24) is 4.72 Å². The van der Waals surface area contributed by atoms with E-state index in [9.17, 15) is 18.3 Å². The Labute approximate surface area is 214 Å². The summed E-state index contributed by atoms with van der Waals surface area (Å²) in [5.74, 6) is -1.28. The van der Waals surface area contributed by atoms with Crippen LogP contribution in [0.5, 0.6) is 0 Å². The van der Waals surface area contributed by atoms with Crippen LogP contribution in [0.25, 0.3) is 0 Å². The van der Waals surface area contributed by atoms with Crippen LogP contribution >= 0.6 is 0 Å². The molecule has 0 fully saturated rings. The van der Waals surface area contributed by atoms with Crippen molar-refractivity contribution in [2.24, 2.45) is 0 Å². The molecule has 1 rings (SSSR count). The highest BCUT2D eigenvalue weighted by atomic mass is 32.2. The van der Waals surface area contributed by atoms with Crippen LogP contribution in [-0.4, -0.2) is 52.6 Å². The van der Waals surface area contributed by atoms with E-state index in [1.165, 1.54) is 76.2 Å². The molecule has 0 amide bonds. The zero-order chi connectivity index (χ0) is 26.2. The predicted molar refractivity (Wildman–Crippen MR) is 143 cm³/mol. The first-order valence-corrected chi connectivity index (χ1v) is 14.9. The maximum absolute atomic E-state index is 12.5. The number of nitrogens with zero attached hydrogens (tertiary/aromatic N) is 1. The van der Waals surface area contributed by atoms with Gasteiger partial charge in [-0.1, -0.05) is 89.7 Å². The largest absolute Gasteiger partial charge is 0.550 e. The van der Waals surface area contributed by atoms with Gasteiger partial charge in [0.1, 0.15) is 0 Å². The highest BCUT2D eigenvalue weighted by molar-refractivity contribution is 7.90. The molecule has 2 N–H and O–H groups in total. The summed E-state index contributed by atoms with van der Waals surface area (Å²) in [5.41, 5.74) is 1.64.